The summed E-state index contributed by atoms with van der Waals surface area (Å²) in [5, 5.41) is 0. The minimum absolute atomic E-state index is 0.00881. The fourth-order valence-corrected chi connectivity index (χ4v) is 5.08. The molecule has 0 spiro atoms. The first-order valence-corrected chi connectivity index (χ1v) is 11.7. The molecule has 180 valence electrons. The topological polar surface area (TPSA) is 73.8 Å². The Kier molecular flexibility index (Phi) is 6.79. The van der Waals surface area contributed by atoms with Gasteiger partial charge in [0.15, 0.2) is 0 Å². The standard InChI is InChI=1S/C26H31FN4O3/c1-18(2)22-17-29(3)10-11-30(22)23(32)13-26(20-7-4-8-21(27)12-20)14-24(33)31(25(26)34)16-19-6-5-9-28-15-19/h4-9,12,15,18,22H,10-11,13-14,16-17H2,1-3H3/t22-,26-/m1/s1. The summed E-state index contributed by atoms with van der Waals surface area (Å²) in [5.74, 6) is -1.28. The number of carbonyl (C=O) groups is 3. The molecule has 34 heavy (non-hydrogen) atoms. The average molecular weight is 467 g/mol. The van der Waals surface area contributed by atoms with Crippen LogP contribution in [0.5, 0.6) is 0 Å². The Morgan fingerprint density at radius 3 is 2.68 bits per heavy atom. The maximum absolute atomic E-state index is 14.2. The number of carbonyl (C=O) groups excluding carboxylic acids is 3. The van der Waals surface area contributed by atoms with Crippen molar-refractivity contribution in [1.29, 1.82) is 0 Å². The predicted octanol–water partition coefficient (Wildman–Crippen LogP) is 2.61. The molecular formula is C26H31FN4O3. The second-order valence-electron chi connectivity index (χ2n) is 9.75. The minimum atomic E-state index is -1.43. The normalized spacial score (nSPS) is 23.7. The number of imide groups is 1. The van der Waals surface area contributed by atoms with Crippen LogP contribution in [0.15, 0.2) is 48.8 Å². The van der Waals surface area contributed by atoms with Gasteiger partial charge in [-0.2, -0.15) is 0 Å². The molecule has 2 saturated heterocycles. The molecule has 0 N–H and O–H groups in total. The smallest absolute Gasteiger partial charge is 0.241 e. The van der Waals surface area contributed by atoms with Gasteiger partial charge in [-0.15, -0.1) is 0 Å². The van der Waals surface area contributed by atoms with Crippen molar-refractivity contribution in [1.82, 2.24) is 19.7 Å². The van der Waals surface area contributed by atoms with Gasteiger partial charge < -0.3 is 9.80 Å². The highest BCUT2D eigenvalue weighted by Crippen LogP contribution is 2.41. The summed E-state index contributed by atoms with van der Waals surface area (Å²) < 4.78 is 14.2. The SMILES string of the molecule is CC(C)[C@H]1CN(C)CCN1C(=O)C[C@]1(c2cccc(F)c2)CC(=O)N(Cc2cccnc2)C1=O. The van der Waals surface area contributed by atoms with E-state index in [1.807, 2.05) is 11.9 Å². The number of hydrogen-bond acceptors (Lipinski definition) is 5. The largest absolute Gasteiger partial charge is 0.337 e. The molecule has 0 aliphatic carbocycles. The van der Waals surface area contributed by atoms with E-state index in [0.29, 0.717) is 17.7 Å². The third-order valence-corrected chi connectivity index (χ3v) is 7.01. The van der Waals surface area contributed by atoms with E-state index in [1.54, 1.807) is 30.6 Å². The number of halogens is 1. The average Bonchev–Trinajstić information content (AvgIpc) is 3.04. The summed E-state index contributed by atoms with van der Waals surface area (Å²) in [6.45, 7) is 6.26. The molecule has 2 atom stereocenters. The number of piperazine rings is 1. The number of aromatic nitrogens is 1. The van der Waals surface area contributed by atoms with Crippen LogP contribution < -0.4 is 0 Å². The number of rotatable bonds is 6. The minimum Gasteiger partial charge on any atom is -0.337 e. The van der Waals surface area contributed by atoms with E-state index in [0.717, 1.165) is 13.1 Å². The molecule has 0 saturated carbocycles. The number of benzene rings is 1. The first-order chi connectivity index (χ1) is 16.2. The van der Waals surface area contributed by atoms with Gasteiger partial charge in [0.25, 0.3) is 0 Å². The maximum atomic E-state index is 14.2. The van der Waals surface area contributed by atoms with E-state index in [9.17, 15) is 18.8 Å². The zero-order chi connectivity index (χ0) is 24.5. The van der Waals surface area contributed by atoms with Crippen molar-refractivity contribution in [2.24, 2.45) is 5.92 Å². The molecule has 3 amide bonds. The van der Waals surface area contributed by atoms with Gasteiger partial charge in [0.05, 0.1) is 12.0 Å². The number of nitrogens with zero attached hydrogens (tertiary/aromatic N) is 4. The molecule has 0 unspecified atom stereocenters. The highest BCUT2D eigenvalue weighted by atomic mass is 19.1. The molecule has 1 aromatic heterocycles. The second kappa shape index (κ2) is 9.62. The zero-order valence-corrected chi connectivity index (χ0v) is 19.9. The second-order valence-corrected chi connectivity index (χ2v) is 9.75. The summed E-state index contributed by atoms with van der Waals surface area (Å²) in [5.41, 5.74) is -0.351. The lowest BCUT2D eigenvalue weighted by Gasteiger charge is -2.43. The lowest BCUT2D eigenvalue weighted by atomic mass is 9.75. The van der Waals surface area contributed by atoms with Crippen LogP contribution in [0.2, 0.25) is 0 Å². The van der Waals surface area contributed by atoms with Gasteiger partial charge in [-0.05, 0) is 42.3 Å². The molecule has 2 aromatic rings. The van der Waals surface area contributed by atoms with Gasteiger partial charge in [0, 0.05) is 50.9 Å². The third-order valence-electron chi connectivity index (χ3n) is 7.01. The summed E-state index contributed by atoms with van der Waals surface area (Å²) in [6.07, 6.45) is 2.89. The van der Waals surface area contributed by atoms with Crippen LogP contribution in [-0.4, -0.2) is 70.1 Å². The van der Waals surface area contributed by atoms with Gasteiger partial charge in [-0.1, -0.05) is 32.0 Å². The van der Waals surface area contributed by atoms with Crippen LogP contribution in [0.3, 0.4) is 0 Å². The van der Waals surface area contributed by atoms with E-state index in [-0.39, 0.29) is 43.2 Å². The fraction of sp³-hybridized carbons (Fsp3) is 0.462. The van der Waals surface area contributed by atoms with Crippen LogP contribution in [0.1, 0.15) is 37.8 Å². The van der Waals surface area contributed by atoms with Gasteiger partial charge in [-0.3, -0.25) is 24.3 Å². The summed E-state index contributed by atoms with van der Waals surface area (Å²) in [6, 6.07) is 9.26. The lowest BCUT2D eigenvalue weighted by Crippen LogP contribution is -2.57. The highest BCUT2D eigenvalue weighted by Gasteiger charge is 2.54. The zero-order valence-electron chi connectivity index (χ0n) is 19.9. The Morgan fingerprint density at radius 2 is 2.00 bits per heavy atom. The summed E-state index contributed by atoms with van der Waals surface area (Å²) in [7, 11) is 2.03. The number of amides is 3. The van der Waals surface area contributed by atoms with Gasteiger partial charge >= 0.3 is 0 Å². The van der Waals surface area contributed by atoms with E-state index < -0.39 is 17.1 Å². The van der Waals surface area contributed by atoms with Crippen molar-refractivity contribution in [3.8, 4) is 0 Å². The molecule has 8 heteroatoms. The first-order valence-electron chi connectivity index (χ1n) is 11.7. The van der Waals surface area contributed by atoms with Crippen LogP contribution in [0.25, 0.3) is 0 Å². The predicted molar refractivity (Wildman–Crippen MR) is 125 cm³/mol. The highest BCUT2D eigenvalue weighted by molar-refractivity contribution is 6.10. The summed E-state index contributed by atoms with van der Waals surface area (Å²) >= 11 is 0. The molecule has 2 fully saturated rings. The van der Waals surface area contributed by atoms with E-state index in [4.69, 9.17) is 0 Å². The number of likely N-dealkylation sites (N-methyl/N-ethyl adjacent to an activating group) is 1. The van der Waals surface area contributed by atoms with Crippen LogP contribution in [0.4, 0.5) is 4.39 Å². The molecule has 3 heterocycles. The van der Waals surface area contributed by atoms with Crippen molar-refractivity contribution in [2.75, 3.05) is 26.7 Å². The molecular weight excluding hydrogens is 435 g/mol. The van der Waals surface area contributed by atoms with E-state index in [1.165, 1.54) is 23.1 Å². The van der Waals surface area contributed by atoms with Gasteiger partial charge in [0.2, 0.25) is 17.7 Å². The van der Waals surface area contributed by atoms with E-state index >= 15 is 0 Å². The Balaban J connectivity index is 1.68. The number of pyridine rings is 1. The maximum Gasteiger partial charge on any atom is 0.241 e. The van der Waals surface area contributed by atoms with Crippen molar-refractivity contribution in [2.45, 2.75) is 44.7 Å². The molecule has 0 bridgehead atoms. The van der Waals surface area contributed by atoms with Crippen LogP contribution in [0, 0.1) is 11.7 Å². The Labute approximate surface area is 199 Å². The molecule has 2 aliphatic heterocycles. The molecule has 0 radical (unpaired) electrons. The molecule has 2 aliphatic rings. The first kappa shape index (κ1) is 24.0. The molecule has 1 aromatic carbocycles. The Morgan fingerprint density at radius 1 is 1.21 bits per heavy atom. The molecule has 7 nitrogen and oxygen atoms in total. The fourth-order valence-electron chi connectivity index (χ4n) is 5.08. The van der Waals surface area contributed by atoms with E-state index in [2.05, 4.69) is 23.7 Å². The van der Waals surface area contributed by atoms with Crippen LogP contribution in [-0.2, 0) is 26.3 Å². The quantitative estimate of drug-likeness (QED) is 0.612. The Hall–Kier alpha value is -3.13. The monoisotopic (exact) mass is 466 g/mol. The van der Waals surface area contributed by atoms with Crippen LogP contribution >= 0.6 is 0 Å². The Bertz CT molecular complexity index is 1080. The van der Waals surface area contributed by atoms with Crippen molar-refractivity contribution in [3.05, 3.63) is 65.7 Å². The van der Waals surface area contributed by atoms with Crippen molar-refractivity contribution < 1.29 is 18.8 Å². The molecule has 4 rings (SSSR count). The van der Waals surface area contributed by atoms with Crippen molar-refractivity contribution in [3.63, 3.8) is 0 Å². The number of hydrogen-bond donors (Lipinski definition) is 0. The summed E-state index contributed by atoms with van der Waals surface area (Å²) in [4.78, 5) is 49.9. The van der Waals surface area contributed by atoms with Gasteiger partial charge in [-0.25, -0.2) is 4.39 Å². The lowest BCUT2D eigenvalue weighted by molar-refractivity contribution is -0.145. The van der Waals surface area contributed by atoms with Gasteiger partial charge in [0.1, 0.15) is 5.82 Å². The number of likely N-dealkylation sites (tertiary alicyclic amines) is 1. The van der Waals surface area contributed by atoms with Crippen molar-refractivity contribution >= 4 is 17.7 Å². The third kappa shape index (κ3) is 4.59.